The van der Waals surface area contributed by atoms with Gasteiger partial charge in [0.05, 0.1) is 18.7 Å². The number of aliphatic hydroxyl groups excluding tert-OH is 1. The van der Waals surface area contributed by atoms with Crippen molar-refractivity contribution in [2.45, 2.75) is 32.9 Å². The Morgan fingerprint density at radius 2 is 2.00 bits per heavy atom. The predicted octanol–water partition coefficient (Wildman–Crippen LogP) is 1.48. The first kappa shape index (κ1) is 15.7. The van der Waals surface area contributed by atoms with Crippen molar-refractivity contribution in [1.82, 2.24) is 10.2 Å². The van der Waals surface area contributed by atoms with E-state index in [9.17, 15) is 4.79 Å². The van der Waals surface area contributed by atoms with Crippen molar-refractivity contribution >= 4 is 5.91 Å². The molecule has 1 aromatic carbocycles. The van der Waals surface area contributed by atoms with Crippen LogP contribution in [0.5, 0.6) is 0 Å². The highest BCUT2D eigenvalue weighted by atomic mass is 16.3. The lowest BCUT2D eigenvalue weighted by Gasteiger charge is -2.25. The number of likely N-dealkylation sites (N-methyl/N-ethyl adjacent to an activating group) is 1. The monoisotopic (exact) mass is 264 g/mol. The summed E-state index contributed by atoms with van der Waals surface area (Å²) >= 11 is 0. The van der Waals surface area contributed by atoms with Crippen LogP contribution in [-0.2, 0) is 4.79 Å². The first-order valence-corrected chi connectivity index (χ1v) is 6.64. The van der Waals surface area contributed by atoms with Crippen molar-refractivity contribution in [3.05, 3.63) is 35.4 Å². The van der Waals surface area contributed by atoms with Gasteiger partial charge in [-0.2, -0.15) is 0 Å². The van der Waals surface area contributed by atoms with Crippen molar-refractivity contribution in [2.75, 3.05) is 20.2 Å². The van der Waals surface area contributed by atoms with E-state index >= 15 is 0 Å². The van der Waals surface area contributed by atoms with Gasteiger partial charge in [-0.15, -0.1) is 0 Å². The zero-order valence-electron chi connectivity index (χ0n) is 12.2. The molecule has 0 aliphatic carbocycles. The second-order valence-corrected chi connectivity index (χ2v) is 4.97. The van der Waals surface area contributed by atoms with Crippen LogP contribution >= 0.6 is 0 Å². The van der Waals surface area contributed by atoms with Gasteiger partial charge in [-0.3, -0.25) is 9.69 Å². The Balaban J connectivity index is 2.64. The summed E-state index contributed by atoms with van der Waals surface area (Å²) in [5, 5.41) is 11.9. The van der Waals surface area contributed by atoms with E-state index in [2.05, 4.69) is 5.32 Å². The summed E-state index contributed by atoms with van der Waals surface area (Å²) in [6, 6.07) is 7.77. The summed E-state index contributed by atoms with van der Waals surface area (Å²) in [6.45, 7) is 6.42. The number of rotatable bonds is 6. The van der Waals surface area contributed by atoms with Crippen LogP contribution in [0.2, 0.25) is 0 Å². The van der Waals surface area contributed by atoms with E-state index in [-0.39, 0.29) is 24.6 Å². The Morgan fingerprint density at radius 1 is 1.37 bits per heavy atom. The van der Waals surface area contributed by atoms with Gasteiger partial charge in [0.25, 0.3) is 0 Å². The van der Waals surface area contributed by atoms with E-state index < -0.39 is 0 Å². The maximum Gasteiger partial charge on any atom is 0.237 e. The van der Waals surface area contributed by atoms with E-state index in [0.717, 1.165) is 5.56 Å². The fraction of sp³-hybridized carbons (Fsp3) is 0.533. The molecule has 1 aromatic rings. The molecule has 1 rings (SSSR count). The van der Waals surface area contributed by atoms with Gasteiger partial charge in [0.15, 0.2) is 0 Å². The second kappa shape index (κ2) is 7.26. The number of nitrogens with zero attached hydrogens (tertiary/aromatic N) is 1. The van der Waals surface area contributed by atoms with Gasteiger partial charge < -0.3 is 10.4 Å². The van der Waals surface area contributed by atoms with Crippen molar-refractivity contribution in [3.63, 3.8) is 0 Å². The van der Waals surface area contributed by atoms with Crippen molar-refractivity contribution < 1.29 is 9.90 Å². The summed E-state index contributed by atoms with van der Waals surface area (Å²) in [5.41, 5.74) is 2.31. The van der Waals surface area contributed by atoms with Crippen LogP contribution in [0.1, 0.15) is 31.0 Å². The predicted molar refractivity (Wildman–Crippen MR) is 76.9 cm³/mol. The second-order valence-electron chi connectivity index (χ2n) is 4.97. The van der Waals surface area contributed by atoms with Crippen molar-refractivity contribution in [3.8, 4) is 0 Å². The zero-order chi connectivity index (χ0) is 14.4. The van der Waals surface area contributed by atoms with E-state index in [0.29, 0.717) is 6.54 Å². The van der Waals surface area contributed by atoms with E-state index in [1.165, 1.54) is 5.56 Å². The molecule has 2 atom stereocenters. The molecule has 1 amide bonds. The van der Waals surface area contributed by atoms with Crippen LogP contribution in [0.3, 0.4) is 0 Å². The summed E-state index contributed by atoms with van der Waals surface area (Å²) in [6.07, 6.45) is 0. The van der Waals surface area contributed by atoms with Crippen molar-refractivity contribution in [1.29, 1.82) is 0 Å². The van der Waals surface area contributed by atoms with Crippen LogP contribution < -0.4 is 5.32 Å². The average Bonchev–Trinajstić information content (AvgIpc) is 2.38. The number of carbonyl (C=O) groups excluding carboxylic acids is 1. The van der Waals surface area contributed by atoms with Crippen LogP contribution in [0.4, 0.5) is 0 Å². The zero-order valence-corrected chi connectivity index (χ0v) is 12.2. The third-order valence-electron chi connectivity index (χ3n) is 3.51. The molecule has 106 valence electrons. The van der Waals surface area contributed by atoms with Crippen LogP contribution in [0.15, 0.2) is 24.3 Å². The van der Waals surface area contributed by atoms with Gasteiger partial charge in [-0.05, 0) is 38.9 Å². The molecule has 0 bridgehead atoms. The van der Waals surface area contributed by atoms with Gasteiger partial charge in [0, 0.05) is 6.54 Å². The van der Waals surface area contributed by atoms with Crippen LogP contribution in [0.25, 0.3) is 0 Å². The lowest BCUT2D eigenvalue weighted by atomic mass is 10.0. The lowest BCUT2D eigenvalue weighted by molar-refractivity contribution is -0.126. The largest absolute Gasteiger partial charge is 0.395 e. The highest BCUT2D eigenvalue weighted by Gasteiger charge is 2.20. The third kappa shape index (κ3) is 4.33. The Bertz CT molecular complexity index is 420. The Labute approximate surface area is 115 Å². The van der Waals surface area contributed by atoms with Gasteiger partial charge >= 0.3 is 0 Å². The molecule has 0 spiro atoms. The fourth-order valence-electron chi connectivity index (χ4n) is 2.04. The van der Waals surface area contributed by atoms with E-state index in [1.54, 1.807) is 0 Å². The molecule has 0 aliphatic rings. The first-order chi connectivity index (χ1) is 8.97. The quantitative estimate of drug-likeness (QED) is 0.818. The standard InChI is InChI=1S/C15H24N2O2/c1-11-7-5-6-8-14(11)12(2)16-15(19)13(3)17(4)9-10-18/h5-8,12-13,18H,9-10H2,1-4H3,(H,16,19). The number of aryl methyl sites for hydroxylation is 1. The SMILES string of the molecule is Cc1ccccc1C(C)NC(=O)C(C)N(C)CCO. The molecule has 0 fully saturated rings. The average molecular weight is 264 g/mol. The molecule has 4 nitrogen and oxygen atoms in total. The normalized spacial score (nSPS) is 14.2. The molecule has 0 saturated carbocycles. The maximum absolute atomic E-state index is 12.1. The molecule has 19 heavy (non-hydrogen) atoms. The molecule has 0 aliphatic heterocycles. The number of hydrogen-bond acceptors (Lipinski definition) is 3. The van der Waals surface area contributed by atoms with Crippen LogP contribution in [0, 0.1) is 6.92 Å². The maximum atomic E-state index is 12.1. The first-order valence-electron chi connectivity index (χ1n) is 6.64. The molecule has 0 heterocycles. The van der Waals surface area contributed by atoms with Gasteiger partial charge in [-0.1, -0.05) is 24.3 Å². The number of hydrogen-bond donors (Lipinski definition) is 2. The molecule has 4 heteroatoms. The number of nitrogens with one attached hydrogen (secondary N) is 1. The molecule has 2 N–H and O–H groups in total. The summed E-state index contributed by atoms with van der Waals surface area (Å²) in [4.78, 5) is 14.0. The fourth-order valence-corrected chi connectivity index (χ4v) is 2.04. The molecular weight excluding hydrogens is 240 g/mol. The molecule has 0 aromatic heterocycles. The number of amides is 1. The topological polar surface area (TPSA) is 52.6 Å². The van der Waals surface area contributed by atoms with Crippen LogP contribution in [-0.4, -0.2) is 42.2 Å². The Kier molecular flexibility index (Phi) is 5.99. The Morgan fingerprint density at radius 3 is 2.58 bits per heavy atom. The highest BCUT2D eigenvalue weighted by molar-refractivity contribution is 5.81. The molecule has 0 radical (unpaired) electrons. The highest BCUT2D eigenvalue weighted by Crippen LogP contribution is 2.16. The Hall–Kier alpha value is -1.39. The van der Waals surface area contributed by atoms with Crippen molar-refractivity contribution in [2.24, 2.45) is 0 Å². The minimum absolute atomic E-state index is 0.0151. The number of aliphatic hydroxyl groups is 1. The summed E-state index contributed by atoms with van der Waals surface area (Å²) < 4.78 is 0. The molecule has 2 unspecified atom stereocenters. The van der Waals surface area contributed by atoms with E-state index in [4.69, 9.17) is 5.11 Å². The van der Waals surface area contributed by atoms with Gasteiger partial charge in [0.2, 0.25) is 5.91 Å². The minimum Gasteiger partial charge on any atom is -0.395 e. The molecule has 0 saturated heterocycles. The third-order valence-corrected chi connectivity index (χ3v) is 3.51. The minimum atomic E-state index is -0.251. The summed E-state index contributed by atoms with van der Waals surface area (Å²) in [7, 11) is 1.83. The lowest BCUT2D eigenvalue weighted by Crippen LogP contribution is -2.45. The molecular formula is C15H24N2O2. The van der Waals surface area contributed by atoms with Gasteiger partial charge in [0.1, 0.15) is 0 Å². The summed E-state index contributed by atoms with van der Waals surface area (Å²) in [5.74, 6) is -0.0216. The van der Waals surface area contributed by atoms with E-state index in [1.807, 2.05) is 57.0 Å². The van der Waals surface area contributed by atoms with Gasteiger partial charge in [-0.25, -0.2) is 0 Å². The smallest absolute Gasteiger partial charge is 0.237 e. The number of benzene rings is 1. The number of carbonyl (C=O) groups is 1.